The molecule has 0 radical (unpaired) electrons. The molecule has 2 aromatic carbocycles. The molecule has 0 saturated carbocycles. The van der Waals surface area contributed by atoms with Gasteiger partial charge in [0.1, 0.15) is 6.61 Å². The van der Waals surface area contributed by atoms with Gasteiger partial charge in [-0.1, -0.05) is 60.7 Å². The Balaban J connectivity index is 1.78. The Labute approximate surface area is 158 Å². The Morgan fingerprint density at radius 1 is 1.04 bits per heavy atom. The smallest absolute Gasteiger partial charge is 0.330 e. The molecule has 3 rings (SSSR count). The molecule has 0 fully saturated rings. The summed E-state index contributed by atoms with van der Waals surface area (Å²) in [5.41, 5.74) is 2.95. The highest BCUT2D eigenvalue weighted by Crippen LogP contribution is 2.17. The predicted octanol–water partition coefficient (Wildman–Crippen LogP) is 4.09. The third-order valence-corrected chi connectivity index (χ3v) is 3.87. The maximum Gasteiger partial charge on any atom is 0.330 e. The number of benzene rings is 2. The first-order chi connectivity index (χ1) is 13.2. The third-order valence-electron chi connectivity index (χ3n) is 3.87. The van der Waals surface area contributed by atoms with Crippen molar-refractivity contribution in [3.05, 3.63) is 89.6 Å². The van der Waals surface area contributed by atoms with Crippen molar-refractivity contribution in [3.63, 3.8) is 0 Å². The molecular formula is C22H22N2O3. The van der Waals surface area contributed by atoms with Crippen molar-refractivity contribution >= 4 is 12.0 Å². The van der Waals surface area contributed by atoms with Gasteiger partial charge in [-0.15, -0.1) is 5.10 Å². The zero-order valence-corrected chi connectivity index (χ0v) is 15.2. The SMILES string of the molecule is CCOC(=O)/C=C/c1cc(OCc2ccccc2)nn1Cc1ccccc1. The van der Waals surface area contributed by atoms with Gasteiger partial charge in [0.05, 0.1) is 18.8 Å². The van der Waals surface area contributed by atoms with Gasteiger partial charge in [-0.25, -0.2) is 4.79 Å². The molecule has 0 aliphatic heterocycles. The van der Waals surface area contributed by atoms with Crippen LogP contribution in [0.5, 0.6) is 5.88 Å². The van der Waals surface area contributed by atoms with E-state index in [-0.39, 0.29) is 5.97 Å². The second kappa shape index (κ2) is 9.38. The van der Waals surface area contributed by atoms with Gasteiger partial charge in [-0.3, -0.25) is 4.68 Å². The highest BCUT2D eigenvalue weighted by Gasteiger charge is 2.09. The first-order valence-electron chi connectivity index (χ1n) is 8.88. The van der Waals surface area contributed by atoms with Crippen LogP contribution in [0, 0.1) is 0 Å². The fraction of sp³-hybridized carbons (Fsp3) is 0.182. The lowest BCUT2D eigenvalue weighted by atomic mass is 10.2. The highest BCUT2D eigenvalue weighted by atomic mass is 16.5. The maximum absolute atomic E-state index is 11.6. The molecule has 0 unspecified atom stereocenters. The van der Waals surface area contributed by atoms with Crippen molar-refractivity contribution in [3.8, 4) is 5.88 Å². The summed E-state index contributed by atoms with van der Waals surface area (Å²) in [6.07, 6.45) is 3.10. The Morgan fingerprint density at radius 2 is 1.70 bits per heavy atom. The number of carbonyl (C=O) groups is 1. The molecule has 0 bridgehead atoms. The normalized spacial score (nSPS) is 10.9. The number of ether oxygens (including phenoxy) is 2. The third kappa shape index (κ3) is 5.57. The minimum absolute atomic E-state index is 0.345. The van der Waals surface area contributed by atoms with Crippen LogP contribution in [0.1, 0.15) is 23.7 Å². The molecule has 5 nitrogen and oxygen atoms in total. The minimum atomic E-state index is -0.378. The van der Waals surface area contributed by atoms with Crippen molar-refractivity contribution in [1.82, 2.24) is 9.78 Å². The summed E-state index contributed by atoms with van der Waals surface area (Å²) in [6.45, 7) is 3.14. The average Bonchev–Trinajstić information content (AvgIpc) is 3.08. The molecule has 1 heterocycles. The molecule has 27 heavy (non-hydrogen) atoms. The van der Waals surface area contributed by atoms with Crippen LogP contribution in [0.2, 0.25) is 0 Å². The van der Waals surface area contributed by atoms with Gasteiger partial charge in [0.15, 0.2) is 0 Å². The molecule has 0 amide bonds. The van der Waals surface area contributed by atoms with Crippen LogP contribution in [-0.4, -0.2) is 22.4 Å². The number of nitrogens with zero attached hydrogens (tertiary/aromatic N) is 2. The Hall–Kier alpha value is -3.34. The van der Waals surface area contributed by atoms with E-state index in [9.17, 15) is 4.79 Å². The zero-order valence-electron chi connectivity index (χ0n) is 15.2. The number of aromatic nitrogens is 2. The second-order valence-electron chi connectivity index (χ2n) is 5.91. The molecule has 138 valence electrons. The van der Waals surface area contributed by atoms with Crippen LogP contribution < -0.4 is 4.74 Å². The minimum Gasteiger partial charge on any atom is -0.472 e. The van der Waals surface area contributed by atoms with Crippen LogP contribution in [0.3, 0.4) is 0 Å². The van der Waals surface area contributed by atoms with Crippen LogP contribution in [0.25, 0.3) is 6.08 Å². The number of esters is 1. The lowest BCUT2D eigenvalue weighted by molar-refractivity contribution is -0.137. The van der Waals surface area contributed by atoms with Crippen LogP contribution >= 0.6 is 0 Å². The standard InChI is InChI=1S/C22H22N2O3/c1-2-26-22(25)14-13-20-15-21(27-17-19-11-7-4-8-12-19)23-24(20)16-18-9-5-3-6-10-18/h3-15H,2,16-17H2,1H3/b14-13+. The first-order valence-corrected chi connectivity index (χ1v) is 8.88. The topological polar surface area (TPSA) is 53.4 Å². The molecule has 3 aromatic rings. The van der Waals surface area contributed by atoms with E-state index in [2.05, 4.69) is 5.10 Å². The molecular weight excluding hydrogens is 340 g/mol. The maximum atomic E-state index is 11.6. The monoisotopic (exact) mass is 362 g/mol. The molecule has 0 aliphatic carbocycles. The molecule has 1 aromatic heterocycles. The van der Waals surface area contributed by atoms with Crippen LogP contribution in [0.4, 0.5) is 0 Å². The summed E-state index contributed by atoms with van der Waals surface area (Å²) < 4.78 is 12.6. The van der Waals surface area contributed by atoms with Crippen molar-refractivity contribution in [2.24, 2.45) is 0 Å². The lowest BCUT2D eigenvalue weighted by Crippen LogP contribution is -2.05. The van der Waals surface area contributed by atoms with Crippen molar-refractivity contribution in [2.45, 2.75) is 20.1 Å². The van der Waals surface area contributed by atoms with E-state index in [0.717, 1.165) is 16.8 Å². The molecule has 0 atom stereocenters. The largest absolute Gasteiger partial charge is 0.472 e. The van der Waals surface area contributed by atoms with E-state index in [0.29, 0.717) is 25.6 Å². The van der Waals surface area contributed by atoms with E-state index in [4.69, 9.17) is 9.47 Å². The highest BCUT2D eigenvalue weighted by molar-refractivity contribution is 5.86. The summed E-state index contributed by atoms with van der Waals surface area (Å²) in [7, 11) is 0. The predicted molar refractivity (Wildman–Crippen MR) is 104 cm³/mol. The van der Waals surface area contributed by atoms with Gasteiger partial charge < -0.3 is 9.47 Å². The number of hydrogen-bond donors (Lipinski definition) is 0. The van der Waals surface area contributed by atoms with Gasteiger partial charge in [0, 0.05) is 12.1 Å². The molecule has 0 saturated heterocycles. The fourth-order valence-electron chi connectivity index (χ4n) is 2.57. The van der Waals surface area contributed by atoms with Gasteiger partial charge in [0.2, 0.25) is 5.88 Å². The van der Waals surface area contributed by atoms with Crippen LogP contribution in [-0.2, 0) is 22.7 Å². The van der Waals surface area contributed by atoms with Crippen molar-refractivity contribution in [1.29, 1.82) is 0 Å². The quantitative estimate of drug-likeness (QED) is 0.447. The van der Waals surface area contributed by atoms with E-state index in [1.165, 1.54) is 6.08 Å². The van der Waals surface area contributed by atoms with Crippen molar-refractivity contribution in [2.75, 3.05) is 6.61 Å². The fourth-order valence-corrected chi connectivity index (χ4v) is 2.57. The van der Waals surface area contributed by atoms with E-state index in [1.807, 2.05) is 71.4 Å². The number of rotatable bonds is 8. The molecule has 5 heteroatoms. The van der Waals surface area contributed by atoms with E-state index in [1.54, 1.807) is 13.0 Å². The number of carbonyl (C=O) groups excluding carboxylic acids is 1. The van der Waals surface area contributed by atoms with E-state index < -0.39 is 0 Å². The van der Waals surface area contributed by atoms with Gasteiger partial charge in [-0.2, -0.15) is 0 Å². The summed E-state index contributed by atoms with van der Waals surface area (Å²) in [5.74, 6) is 0.134. The Morgan fingerprint density at radius 3 is 2.37 bits per heavy atom. The Bertz CT molecular complexity index is 886. The summed E-state index contributed by atoms with van der Waals surface area (Å²) in [6, 6.07) is 21.8. The van der Waals surface area contributed by atoms with Gasteiger partial charge >= 0.3 is 5.97 Å². The molecule has 0 aliphatic rings. The van der Waals surface area contributed by atoms with Crippen LogP contribution in [0.15, 0.2) is 72.8 Å². The molecule has 0 spiro atoms. The van der Waals surface area contributed by atoms with E-state index >= 15 is 0 Å². The second-order valence-corrected chi connectivity index (χ2v) is 5.91. The average molecular weight is 362 g/mol. The lowest BCUT2D eigenvalue weighted by Gasteiger charge is -2.05. The summed E-state index contributed by atoms with van der Waals surface area (Å²) in [5, 5.41) is 4.54. The zero-order chi connectivity index (χ0) is 18.9. The van der Waals surface area contributed by atoms with Gasteiger partial charge in [-0.05, 0) is 24.1 Å². The van der Waals surface area contributed by atoms with Gasteiger partial charge in [0.25, 0.3) is 0 Å². The Kier molecular flexibility index (Phi) is 6.41. The summed E-state index contributed by atoms with van der Waals surface area (Å²) in [4.78, 5) is 11.6. The van der Waals surface area contributed by atoms with Crippen molar-refractivity contribution < 1.29 is 14.3 Å². The molecule has 0 N–H and O–H groups in total. The number of hydrogen-bond acceptors (Lipinski definition) is 4. The summed E-state index contributed by atoms with van der Waals surface area (Å²) >= 11 is 0. The first kappa shape index (κ1) is 18.5.